The van der Waals surface area contributed by atoms with Crippen molar-refractivity contribution in [3.05, 3.63) is 34.9 Å². The van der Waals surface area contributed by atoms with E-state index in [1.807, 2.05) is 29.2 Å². The lowest BCUT2D eigenvalue weighted by Crippen LogP contribution is -2.61. The van der Waals surface area contributed by atoms with Crippen LogP contribution >= 0.6 is 11.6 Å². The lowest BCUT2D eigenvalue weighted by Gasteiger charge is -2.52. The van der Waals surface area contributed by atoms with Crippen molar-refractivity contribution in [2.45, 2.75) is 72.4 Å². The third kappa shape index (κ3) is 9.10. The maximum atomic E-state index is 12.4. The molecule has 32 heavy (non-hydrogen) atoms. The van der Waals surface area contributed by atoms with Crippen molar-refractivity contribution in [3.63, 3.8) is 0 Å². The highest BCUT2D eigenvalue weighted by Crippen LogP contribution is 2.44. The average Bonchev–Trinajstić information content (AvgIpc) is 2.64. The number of amides is 2. The molecule has 1 aliphatic rings. The van der Waals surface area contributed by atoms with Gasteiger partial charge in [0.1, 0.15) is 5.60 Å². The van der Waals surface area contributed by atoms with E-state index in [2.05, 4.69) is 45.3 Å². The Morgan fingerprint density at radius 3 is 2.03 bits per heavy atom. The number of nitrogens with two attached hydrogens (primary N) is 2. The molecule has 2 rings (SSSR count). The summed E-state index contributed by atoms with van der Waals surface area (Å²) in [6.07, 6.45) is 8.65. The zero-order valence-electron chi connectivity index (χ0n) is 20.6. The second-order valence-corrected chi connectivity index (χ2v) is 10.5. The molecule has 4 N–H and O–H groups in total. The fourth-order valence-electron chi connectivity index (χ4n) is 3.62. The molecule has 0 spiro atoms. The third-order valence-electron chi connectivity index (χ3n) is 5.27. The third-order valence-corrected chi connectivity index (χ3v) is 5.52. The summed E-state index contributed by atoms with van der Waals surface area (Å²) in [7, 11) is 0. The molecule has 1 fully saturated rings. The van der Waals surface area contributed by atoms with Crippen LogP contribution in [0.25, 0.3) is 0 Å². The van der Waals surface area contributed by atoms with Crippen LogP contribution in [0.4, 0.5) is 4.79 Å². The van der Waals surface area contributed by atoms with Gasteiger partial charge >= 0.3 is 6.09 Å². The maximum absolute atomic E-state index is 12.4. The molecule has 1 aromatic rings. The number of hydrogen-bond acceptors (Lipinski definition) is 4. The lowest BCUT2D eigenvalue weighted by atomic mass is 9.64. The molecule has 2 amide bonds. The first-order valence-electron chi connectivity index (χ1n) is 10.7. The Morgan fingerprint density at radius 2 is 1.69 bits per heavy atom. The number of hydrogen-bond donors (Lipinski definition) is 2. The van der Waals surface area contributed by atoms with Crippen molar-refractivity contribution in [3.8, 4) is 12.8 Å². The minimum atomic E-state index is -0.725. The quantitative estimate of drug-likeness (QED) is 0.618. The first-order chi connectivity index (χ1) is 14.6. The summed E-state index contributed by atoms with van der Waals surface area (Å²) in [6, 6.07) is 7.79. The van der Waals surface area contributed by atoms with Gasteiger partial charge in [-0.25, -0.2) is 4.79 Å². The molecule has 1 heterocycles. The summed E-state index contributed by atoms with van der Waals surface area (Å²) in [5, 5.41) is 0.717. The van der Waals surface area contributed by atoms with Crippen molar-refractivity contribution in [1.29, 1.82) is 0 Å². The molecular weight excluding hydrogens is 426 g/mol. The smallest absolute Gasteiger partial charge is 0.405 e. The normalized spacial score (nSPS) is 19.7. The van der Waals surface area contributed by atoms with Gasteiger partial charge in [0.15, 0.2) is 0 Å². The van der Waals surface area contributed by atoms with Gasteiger partial charge < -0.3 is 21.1 Å². The van der Waals surface area contributed by atoms with E-state index < -0.39 is 17.2 Å². The van der Waals surface area contributed by atoms with Crippen LogP contribution in [0.2, 0.25) is 5.02 Å². The minimum Gasteiger partial charge on any atom is -0.444 e. The standard InChI is InChI=1S/C18H27ClN2O.C5H11NO2.C2H2/c1-13(2)11-16(22)21-10-9-18(20,17(3,4)12-21)14-5-7-15(19)8-6-14;1-5(2,3)8-4(6)7;1-2/h5-8,13H,9-12,20H2,1-4H3;1-3H3,(H2,6,7);1-2H. The van der Waals surface area contributed by atoms with Crippen molar-refractivity contribution >= 4 is 23.6 Å². The zero-order chi connectivity index (χ0) is 25.3. The fraction of sp³-hybridized carbons (Fsp3) is 0.600. The van der Waals surface area contributed by atoms with Crippen LogP contribution < -0.4 is 11.5 Å². The first-order valence-corrected chi connectivity index (χ1v) is 11.1. The number of ether oxygens (including phenoxy) is 1. The summed E-state index contributed by atoms with van der Waals surface area (Å²) in [5.41, 5.74) is 11.5. The Morgan fingerprint density at radius 1 is 1.19 bits per heavy atom. The van der Waals surface area contributed by atoms with Crippen molar-refractivity contribution in [2.75, 3.05) is 13.1 Å². The van der Waals surface area contributed by atoms with Crippen LogP contribution in [0.5, 0.6) is 0 Å². The zero-order valence-corrected chi connectivity index (χ0v) is 21.3. The number of rotatable bonds is 3. The van der Waals surface area contributed by atoms with E-state index in [1.54, 1.807) is 20.8 Å². The molecule has 7 heteroatoms. The van der Waals surface area contributed by atoms with Gasteiger partial charge in [0.2, 0.25) is 5.91 Å². The molecule has 1 aliphatic heterocycles. The number of carbonyl (C=O) groups excluding carboxylic acids is 2. The Bertz CT molecular complexity index is 767. The second kappa shape index (κ2) is 12.1. The Balaban J connectivity index is 0.000000814. The van der Waals surface area contributed by atoms with Gasteiger partial charge in [-0.1, -0.05) is 51.4 Å². The highest BCUT2D eigenvalue weighted by atomic mass is 35.5. The van der Waals surface area contributed by atoms with Crippen LogP contribution in [-0.4, -0.2) is 35.6 Å². The summed E-state index contributed by atoms with van der Waals surface area (Å²) >= 11 is 5.99. The highest BCUT2D eigenvalue weighted by Gasteiger charge is 2.48. The molecule has 1 unspecified atom stereocenters. The lowest BCUT2D eigenvalue weighted by molar-refractivity contribution is -0.137. The highest BCUT2D eigenvalue weighted by molar-refractivity contribution is 6.30. The topological polar surface area (TPSA) is 98.6 Å². The van der Waals surface area contributed by atoms with Gasteiger partial charge in [-0.15, -0.1) is 12.8 Å². The molecule has 6 nitrogen and oxygen atoms in total. The Hall–Kier alpha value is -2.23. The number of primary amides is 1. The van der Waals surface area contributed by atoms with E-state index in [0.717, 1.165) is 17.0 Å². The molecule has 0 aliphatic carbocycles. The summed E-state index contributed by atoms with van der Waals surface area (Å²) in [5.74, 6) is 0.623. The summed E-state index contributed by atoms with van der Waals surface area (Å²) in [4.78, 5) is 24.3. The van der Waals surface area contributed by atoms with E-state index in [-0.39, 0.29) is 11.3 Å². The van der Waals surface area contributed by atoms with E-state index in [9.17, 15) is 9.59 Å². The average molecular weight is 466 g/mol. The number of likely N-dealkylation sites (tertiary alicyclic amines) is 1. The van der Waals surface area contributed by atoms with E-state index in [4.69, 9.17) is 23.1 Å². The summed E-state index contributed by atoms with van der Waals surface area (Å²) < 4.78 is 4.58. The van der Waals surface area contributed by atoms with E-state index in [1.165, 1.54) is 0 Å². The Kier molecular flexibility index (Phi) is 11.3. The molecule has 0 bridgehead atoms. The maximum Gasteiger partial charge on any atom is 0.405 e. The van der Waals surface area contributed by atoms with Gasteiger partial charge in [-0.3, -0.25) is 4.79 Å². The van der Waals surface area contributed by atoms with Crippen LogP contribution in [-0.2, 0) is 15.1 Å². The second-order valence-electron chi connectivity index (χ2n) is 10.1. The molecule has 1 aromatic carbocycles. The molecule has 1 atom stereocenters. The number of nitrogens with zero attached hydrogens (tertiary/aromatic N) is 1. The van der Waals surface area contributed by atoms with Gasteiger partial charge in [0.05, 0.1) is 0 Å². The number of halogens is 1. The molecular formula is C25H40ClN3O3. The van der Waals surface area contributed by atoms with Crippen LogP contribution in [0.3, 0.4) is 0 Å². The molecule has 180 valence electrons. The Labute approximate surface area is 199 Å². The van der Waals surface area contributed by atoms with Crippen molar-refractivity contribution < 1.29 is 14.3 Å². The monoisotopic (exact) mass is 465 g/mol. The number of carbonyl (C=O) groups is 2. The molecule has 0 radical (unpaired) electrons. The largest absolute Gasteiger partial charge is 0.444 e. The summed E-state index contributed by atoms with van der Waals surface area (Å²) in [6.45, 7) is 15.1. The number of piperidine rings is 1. The van der Waals surface area contributed by atoms with Gasteiger partial charge in [-0.2, -0.15) is 0 Å². The number of terminal acetylenes is 1. The van der Waals surface area contributed by atoms with Crippen LogP contribution in [0.15, 0.2) is 24.3 Å². The van der Waals surface area contributed by atoms with Crippen molar-refractivity contribution in [2.24, 2.45) is 22.8 Å². The SMILES string of the molecule is C#C.CC(C)(C)OC(N)=O.CC(C)CC(=O)N1CCC(N)(c2ccc(Cl)cc2)C(C)(C)C1. The first kappa shape index (κ1) is 29.8. The molecule has 0 saturated carbocycles. The van der Waals surface area contributed by atoms with Crippen LogP contribution in [0.1, 0.15) is 66.9 Å². The molecule has 1 saturated heterocycles. The van der Waals surface area contributed by atoms with Gasteiger partial charge in [0.25, 0.3) is 0 Å². The van der Waals surface area contributed by atoms with Gasteiger partial charge in [0, 0.05) is 35.5 Å². The predicted octanol–water partition coefficient (Wildman–Crippen LogP) is 4.93. The predicted molar refractivity (Wildman–Crippen MR) is 132 cm³/mol. The van der Waals surface area contributed by atoms with Crippen LogP contribution in [0, 0.1) is 24.2 Å². The fourth-order valence-corrected chi connectivity index (χ4v) is 3.75. The van der Waals surface area contributed by atoms with Crippen molar-refractivity contribution in [1.82, 2.24) is 4.90 Å². The minimum absolute atomic E-state index is 0.189. The van der Waals surface area contributed by atoms with Gasteiger partial charge in [-0.05, 0) is 50.8 Å². The van der Waals surface area contributed by atoms with E-state index in [0.29, 0.717) is 25.4 Å². The van der Waals surface area contributed by atoms with E-state index >= 15 is 0 Å². The molecule has 0 aromatic heterocycles. The number of benzene rings is 1.